The van der Waals surface area contributed by atoms with Gasteiger partial charge in [0.05, 0.1) is 5.69 Å². The molecule has 0 fully saturated rings. The van der Waals surface area contributed by atoms with Gasteiger partial charge in [0.25, 0.3) is 5.56 Å². The Kier molecular flexibility index (Phi) is 2.17. The quantitative estimate of drug-likeness (QED) is 0.810. The molecule has 2 rings (SSSR count). The maximum atomic E-state index is 11.6. The van der Waals surface area contributed by atoms with E-state index in [0.717, 1.165) is 5.69 Å². The normalized spacial score (nSPS) is 10.4. The van der Waals surface area contributed by atoms with Gasteiger partial charge in [0, 0.05) is 0 Å². The van der Waals surface area contributed by atoms with Gasteiger partial charge in [-0.25, -0.2) is 4.68 Å². The summed E-state index contributed by atoms with van der Waals surface area (Å²) in [4.78, 5) is 11.6. The van der Waals surface area contributed by atoms with Gasteiger partial charge in [-0.15, -0.1) is 0 Å². The Morgan fingerprint density at radius 3 is 2.43 bits per heavy atom. The van der Waals surface area contributed by atoms with E-state index in [1.165, 1.54) is 4.68 Å². The number of halogens is 1. The van der Waals surface area contributed by atoms with Crippen LogP contribution < -0.4 is 11.3 Å². The highest BCUT2D eigenvalue weighted by molar-refractivity contribution is 9.10. The van der Waals surface area contributed by atoms with Crippen molar-refractivity contribution in [2.24, 2.45) is 0 Å². The zero-order valence-electron chi connectivity index (χ0n) is 7.20. The standard InChI is InChI=1S/C9H8BrN3O/c10-7-8(11)12-13(9(7)14)6-4-2-1-3-5-6/h1-5,12H,11H2. The van der Waals surface area contributed by atoms with Gasteiger partial charge < -0.3 is 5.73 Å². The maximum absolute atomic E-state index is 11.6. The fourth-order valence-corrected chi connectivity index (χ4v) is 1.46. The number of rotatable bonds is 1. The van der Waals surface area contributed by atoms with E-state index in [1.54, 1.807) is 0 Å². The zero-order chi connectivity index (χ0) is 10.1. The van der Waals surface area contributed by atoms with Crippen LogP contribution in [0, 0.1) is 0 Å². The zero-order valence-corrected chi connectivity index (χ0v) is 8.78. The van der Waals surface area contributed by atoms with Gasteiger partial charge in [0.15, 0.2) is 0 Å². The number of aromatic nitrogens is 2. The summed E-state index contributed by atoms with van der Waals surface area (Å²) in [5.41, 5.74) is 6.13. The minimum Gasteiger partial charge on any atom is -0.383 e. The highest BCUT2D eigenvalue weighted by atomic mass is 79.9. The second-order valence-electron chi connectivity index (χ2n) is 2.82. The fourth-order valence-electron chi connectivity index (χ4n) is 1.19. The SMILES string of the molecule is Nc1[nH]n(-c2ccccc2)c(=O)c1Br. The Labute approximate surface area is 88.5 Å². The molecule has 0 amide bonds. The highest BCUT2D eigenvalue weighted by Gasteiger charge is 2.09. The predicted octanol–water partition coefficient (Wildman–Crippen LogP) is 1.51. The molecule has 0 unspecified atom stereocenters. The maximum Gasteiger partial charge on any atom is 0.287 e. The Hall–Kier alpha value is -1.49. The molecular formula is C9H8BrN3O. The molecule has 0 spiro atoms. The lowest BCUT2D eigenvalue weighted by molar-refractivity contribution is 0.853. The number of aromatic amines is 1. The monoisotopic (exact) mass is 253 g/mol. The molecule has 2 aromatic rings. The van der Waals surface area contributed by atoms with E-state index in [-0.39, 0.29) is 5.56 Å². The van der Waals surface area contributed by atoms with Crippen LogP contribution in [0.2, 0.25) is 0 Å². The van der Waals surface area contributed by atoms with Crippen LogP contribution in [0.1, 0.15) is 0 Å². The Morgan fingerprint density at radius 2 is 1.93 bits per heavy atom. The first-order valence-electron chi connectivity index (χ1n) is 4.01. The Balaban J connectivity index is 2.64. The summed E-state index contributed by atoms with van der Waals surface area (Å²) in [7, 11) is 0. The van der Waals surface area contributed by atoms with Crippen LogP contribution in [0.5, 0.6) is 0 Å². The van der Waals surface area contributed by atoms with E-state index in [4.69, 9.17) is 5.73 Å². The van der Waals surface area contributed by atoms with E-state index in [0.29, 0.717) is 10.3 Å². The van der Waals surface area contributed by atoms with Crippen LogP contribution >= 0.6 is 15.9 Å². The largest absolute Gasteiger partial charge is 0.383 e. The minimum absolute atomic E-state index is 0.186. The van der Waals surface area contributed by atoms with Gasteiger partial charge in [-0.05, 0) is 28.1 Å². The number of hydrogen-bond acceptors (Lipinski definition) is 2. The van der Waals surface area contributed by atoms with Crippen molar-refractivity contribution in [1.29, 1.82) is 0 Å². The summed E-state index contributed by atoms with van der Waals surface area (Å²) in [5, 5.41) is 2.76. The molecule has 0 bridgehead atoms. The predicted molar refractivity (Wildman–Crippen MR) is 58.5 cm³/mol. The first-order chi connectivity index (χ1) is 6.70. The summed E-state index contributed by atoms with van der Waals surface area (Å²) < 4.78 is 1.75. The van der Waals surface area contributed by atoms with Gasteiger partial charge in [-0.3, -0.25) is 9.89 Å². The number of benzene rings is 1. The number of para-hydroxylation sites is 1. The van der Waals surface area contributed by atoms with Crippen LogP contribution in [0.15, 0.2) is 39.6 Å². The third kappa shape index (κ3) is 1.35. The minimum atomic E-state index is -0.186. The molecule has 5 heteroatoms. The lowest BCUT2D eigenvalue weighted by atomic mass is 10.3. The summed E-state index contributed by atoms with van der Waals surface area (Å²) in [5.74, 6) is 0.332. The molecule has 1 aromatic heterocycles. The molecule has 0 saturated carbocycles. The second kappa shape index (κ2) is 3.34. The Morgan fingerprint density at radius 1 is 1.29 bits per heavy atom. The molecule has 0 aliphatic carbocycles. The van der Waals surface area contributed by atoms with E-state index < -0.39 is 0 Å². The second-order valence-corrected chi connectivity index (χ2v) is 3.61. The average molecular weight is 254 g/mol. The van der Waals surface area contributed by atoms with Gasteiger partial charge in [-0.2, -0.15) is 0 Å². The fraction of sp³-hybridized carbons (Fsp3) is 0. The highest BCUT2D eigenvalue weighted by Crippen LogP contribution is 2.13. The third-order valence-corrected chi connectivity index (χ3v) is 2.64. The third-order valence-electron chi connectivity index (χ3n) is 1.87. The van der Waals surface area contributed by atoms with Crippen LogP contribution in [-0.2, 0) is 0 Å². The first-order valence-corrected chi connectivity index (χ1v) is 4.81. The molecule has 4 nitrogen and oxygen atoms in total. The van der Waals surface area contributed by atoms with Crippen molar-refractivity contribution in [3.63, 3.8) is 0 Å². The van der Waals surface area contributed by atoms with E-state index in [9.17, 15) is 4.79 Å². The summed E-state index contributed by atoms with van der Waals surface area (Å²) in [6.45, 7) is 0. The molecule has 0 saturated heterocycles. The molecule has 0 aliphatic rings. The van der Waals surface area contributed by atoms with Gasteiger partial charge in [-0.1, -0.05) is 18.2 Å². The number of anilines is 1. The smallest absolute Gasteiger partial charge is 0.287 e. The first kappa shape index (κ1) is 9.08. The van der Waals surface area contributed by atoms with Crippen molar-refractivity contribution in [3.05, 3.63) is 45.2 Å². The van der Waals surface area contributed by atoms with Crippen LogP contribution in [-0.4, -0.2) is 9.78 Å². The molecule has 1 heterocycles. The van der Waals surface area contributed by atoms with E-state index in [2.05, 4.69) is 21.0 Å². The van der Waals surface area contributed by atoms with Crippen molar-refractivity contribution < 1.29 is 0 Å². The molecule has 14 heavy (non-hydrogen) atoms. The molecular weight excluding hydrogens is 246 g/mol. The van der Waals surface area contributed by atoms with Crippen molar-refractivity contribution in [3.8, 4) is 5.69 Å². The summed E-state index contributed by atoms with van der Waals surface area (Å²) in [6, 6.07) is 9.24. The summed E-state index contributed by atoms with van der Waals surface area (Å²) in [6.07, 6.45) is 0. The number of H-pyrrole nitrogens is 1. The number of nitrogens with one attached hydrogen (secondary N) is 1. The van der Waals surface area contributed by atoms with Crippen molar-refractivity contribution in [2.45, 2.75) is 0 Å². The molecule has 0 atom stereocenters. The number of nitrogens with two attached hydrogens (primary N) is 1. The van der Waals surface area contributed by atoms with Crippen LogP contribution in [0.25, 0.3) is 5.69 Å². The van der Waals surface area contributed by atoms with Crippen LogP contribution in [0.4, 0.5) is 5.82 Å². The lowest BCUT2D eigenvalue weighted by Crippen LogP contribution is -2.14. The van der Waals surface area contributed by atoms with Gasteiger partial charge in [0.1, 0.15) is 10.3 Å². The van der Waals surface area contributed by atoms with Crippen molar-refractivity contribution >= 4 is 21.7 Å². The van der Waals surface area contributed by atoms with Gasteiger partial charge >= 0.3 is 0 Å². The van der Waals surface area contributed by atoms with Crippen molar-refractivity contribution in [2.75, 3.05) is 5.73 Å². The summed E-state index contributed by atoms with van der Waals surface area (Å²) >= 11 is 3.11. The topological polar surface area (TPSA) is 63.8 Å². The number of nitrogens with zero attached hydrogens (tertiary/aromatic N) is 1. The number of hydrogen-bond donors (Lipinski definition) is 2. The average Bonchev–Trinajstić information content (AvgIpc) is 2.47. The van der Waals surface area contributed by atoms with Crippen LogP contribution in [0.3, 0.4) is 0 Å². The van der Waals surface area contributed by atoms with E-state index in [1.807, 2.05) is 30.3 Å². The molecule has 0 aliphatic heterocycles. The van der Waals surface area contributed by atoms with Gasteiger partial charge in [0.2, 0.25) is 0 Å². The lowest BCUT2D eigenvalue weighted by Gasteiger charge is -1.99. The molecule has 1 aromatic carbocycles. The van der Waals surface area contributed by atoms with Crippen molar-refractivity contribution in [1.82, 2.24) is 9.78 Å². The van der Waals surface area contributed by atoms with E-state index >= 15 is 0 Å². The number of nitrogen functional groups attached to an aromatic ring is 1. The molecule has 72 valence electrons. The molecule has 0 radical (unpaired) electrons. The Bertz CT molecular complexity index is 501. The molecule has 3 N–H and O–H groups in total.